The summed E-state index contributed by atoms with van der Waals surface area (Å²) in [5.41, 5.74) is -0.194. The van der Waals surface area contributed by atoms with E-state index in [2.05, 4.69) is 15.6 Å². The van der Waals surface area contributed by atoms with Gasteiger partial charge in [0, 0.05) is 17.6 Å². The highest BCUT2D eigenvalue weighted by atomic mass is 32.1. The van der Waals surface area contributed by atoms with Crippen molar-refractivity contribution in [1.29, 1.82) is 0 Å². The number of rotatable bonds is 6. The zero-order valence-electron chi connectivity index (χ0n) is 14.4. The predicted molar refractivity (Wildman–Crippen MR) is 101 cm³/mol. The average Bonchev–Trinajstić information content (AvgIpc) is 3.16. The van der Waals surface area contributed by atoms with Gasteiger partial charge in [0.25, 0.3) is 0 Å². The van der Waals surface area contributed by atoms with Crippen molar-refractivity contribution in [3.05, 3.63) is 59.4 Å². The highest BCUT2D eigenvalue weighted by Crippen LogP contribution is 2.35. The van der Waals surface area contributed by atoms with Crippen molar-refractivity contribution in [2.24, 2.45) is 0 Å². The number of aromatic nitrogens is 1. The third-order valence-corrected chi connectivity index (χ3v) is 4.17. The van der Waals surface area contributed by atoms with Crippen LogP contribution in [-0.2, 0) is 0 Å². The number of carbonyl (C=O) groups is 2. The molecular formula is C18H14FN3O5S. The molecule has 0 aliphatic carbocycles. The molecule has 10 heteroatoms. The molecule has 3 rings (SSSR count). The molecule has 1 aromatic heterocycles. The van der Waals surface area contributed by atoms with Crippen LogP contribution in [0.15, 0.2) is 48.0 Å². The van der Waals surface area contributed by atoms with Gasteiger partial charge in [0.15, 0.2) is 10.9 Å². The number of urea groups is 1. The lowest BCUT2D eigenvalue weighted by Gasteiger charge is -2.15. The molecule has 0 aliphatic heterocycles. The summed E-state index contributed by atoms with van der Waals surface area (Å²) in [6.07, 6.45) is 1.52. The third-order valence-electron chi connectivity index (χ3n) is 3.48. The van der Waals surface area contributed by atoms with Crippen molar-refractivity contribution >= 4 is 34.2 Å². The van der Waals surface area contributed by atoms with E-state index in [4.69, 9.17) is 9.47 Å². The number of benzene rings is 2. The Morgan fingerprint density at radius 3 is 2.61 bits per heavy atom. The van der Waals surface area contributed by atoms with Crippen LogP contribution in [0.1, 0.15) is 10.4 Å². The van der Waals surface area contributed by atoms with Crippen LogP contribution in [0, 0.1) is 5.82 Å². The molecule has 144 valence electrons. The maximum absolute atomic E-state index is 13.7. The first-order valence-electron chi connectivity index (χ1n) is 7.83. The summed E-state index contributed by atoms with van der Waals surface area (Å²) in [6, 6.07) is 7.24. The van der Waals surface area contributed by atoms with Gasteiger partial charge in [0.05, 0.1) is 12.8 Å². The Kier molecular flexibility index (Phi) is 5.70. The quantitative estimate of drug-likeness (QED) is 0.562. The fourth-order valence-corrected chi connectivity index (χ4v) is 2.84. The Balaban J connectivity index is 1.89. The van der Waals surface area contributed by atoms with E-state index in [1.807, 2.05) is 0 Å². The van der Waals surface area contributed by atoms with Crippen molar-refractivity contribution in [1.82, 2.24) is 4.98 Å². The Labute approximate surface area is 162 Å². The van der Waals surface area contributed by atoms with Gasteiger partial charge >= 0.3 is 12.0 Å². The van der Waals surface area contributed by atoms with Gasteiger partial charge < -0.3 is 19.9 Å². The number of aromatic carboxylic acids is 1. The third kappa shape index (κ3) is 4.35. The number of amides is 2. The Morgan fingerprint density at radius 1 is 1.14 bits per heavy atom. The molecule has 3 N–H and O–H groups in total. The number of nitrogens with one attached hydrogen (secondary N) is 2. The first-order chi connectivity index (χ1) is 13.5. The fraction of sp³-hybridized carbons (Fsp3) is 0.0556. The second-order valence-corrected chi connectivity index (χ2v) is 6.19. The lowest BCUT2D eigenvalue weighted by Crippen LogP contribution is -2.19. The summed E-state index contributed by atoms with van der Waals surface area (Å²) in [6.45, 7) is 0. The molecule has 0 atom stereocenters. The molecule has 0 saturated carbocycles. The second-order valence-electron chi connectivity index (χ2n) is 5.30. The maximum atomic E-state index is 13.7. The minimum Gasteiger partial charge on any atom is -0.496 e. The normalized spacial score (nSPS) is 10.2. The molecular weight excluding hydrogens is 389 g/mol. The fourth-order valence-electron chi connectivity index (χ4n) is 2.32. The van der Waals surface area contributed by atoms with Crippen LogP contribution in [0.4, 0.5) is 20.0 Å². The highest BCUT2D eigenvalue weighted by Gasteiger charge is 2.20. The largest absolute Gasteiger partial charge is 0.496 e. The van der Waals surface area contributed by atoms with Gasteiger partial charge in [-0.1, -0.05) is 6.07 Å². The van der Waals surface area contributed by atoms with Gasteiger partial charge in [0.1, 0.15) is 22.9 Å². The first-order valence-corrected chi connectivity index (χ1v) is 8.71. The number of thiazole rings is 1. The van der Waals surface area contributed by atoms with Crippen LogP contribution in [-0.4, -0.2) is 29.2 Å². The second kappa shape index (κ2) is 8.35. The van der Waals surface area contributed by atoms with Crippen LogP contribution >= 0.6 is 11.3 Å². The van der Waals surface area contributed by atoms with Crippen LogP contribution in [0.5, 0.6) is 17.2 Å². The lowest BCUT2D eigenvalue weighted by atomic mass is 10.1. The minimum absolute atomic E-state index is 0.00761. The predicted octanol–water partition coefficient (Wildman–Crippen LogP) is 4.43. The average molecular weight is 403 g/mol. The van der Waals surface area contributed by atoms with E-state index >= 15 is 0 Å². The number of hydrogen-bond acceptors (Lipinski definition) is 6. The summed E-state index contributed by atoms with van der Waals surface area (Å²) in [5, 5.41) is 16.4. The molecule has 0 unspecified atom stereocenters. The number of carboxylic acid groups (broad SMARTS) is 1. The molecule has 0 aliphatic rings. The molecule has 0 saturated heterocycles. The van der Waals surface area contributed by atoms with Crippen LogP contribution in [0.2, 0.25) is 0 Å². The number of anilines is 2. The SMILES string of the molecule is COc1cccc(Oc2ccc(F)cc2NC(=O)Nc2nccs2)c1C(=O)O. The van der Waals surface area contributed by atoms with Gasteiger partial charge in [-0.3, -0.25) is 5.32 Å². The van der Waals surface area contributed by atoms with Crippen molar-refractivity contribution in [2.45, 2.75) is 0 Å². The molecule has 3 aromatic rings. The highest BCUT2D eigenvalue weighted by molar-refractivity contribution is 7.13. The number of hydrogen-bond donors (Lipinski definition) is 3. The van der Waals surface area contributed by atoms with E-state index in [0.29, 0.717) is 5.13 Å². The molecule has 0 radical (unpaired) electrons. The van der Waals surface area contributed by atoms with E-state index in [-0.39, 0.29) is 28.5 Å². The number of nitrogens with zero attached hydrogens (tertiary/aromatic N) is 1. The molecule has 1 heterocycles. The zero-order valence-corrected chi connectivity index (χ0v) is 15.2. The lowest BCUT2D eigenvalue weighted by molar-refractivity contribution is 0.0690. The molecule has 0 fully saturated rings. The minimum atomic E-state index is -1.26. The van der Waals surface area contributed by atoms with Gasteiger partial charge in [0.2, 0.25) is 0 Å². The maximum Gasteiger partial charge on any atom is 0.343 e. The van der Waals surface area contributed by atoms with Gasteiger partial charge in [-0.05, 0) is 24.3 Å². The van der Waals surface area contributed by atoms with Crippen LogP contribution in [0.3, 0.4) is 0 Å². The summed E-state index contributed by atoms with van der Waals surface area (Å²) < 4.78 is 24.4. The summed E-state index contributed by atoms with van der Waals surface area (Å²) >= 11 is 1.21. The summed E-state index contributed by atoms with van der Waals surface area (Å²) in [7, 11) is 1.33. The monoisotopic (exact) mass is 403 g/mol. The first kappa shape index (κ1) is 19.1. The number of carbonyl (C=O) groups excluding carboxylic acids is 1. The van der Waals surface area contributed by atoms with Crippen LogP contribution in [0.25, 0.3) is 0 Å². The van der Waals surface area contributed by atoms with Crippen molar-refractivity contribution < 1.29 is 28.6 Å². The van der Waals surface area contributed by atoms with E-state index < -0.39 is 17.8 Å². The number of carboxylic acids is 1. The summed E-state index contributed by atoms with van der Waals surface area (Å²) in [4.78, 5) is 27.6. The zero-order chi connectivity index (χ0) is 20.1. The molecule has 0 bridgehead atoms. The van der Waals surface area contributed by atoms with Gasteiger partial charge in [-0.15, -0.1) is 11.3 Å². The number of methoxy groups -OCH3 is 1. The van der Waals surface area contributed by atoms with E-state index in [9.17, 15) is 19.1 Å². The molecule has 28 heavy (non-hydrogen) atoms. The summed E-state index contributed by atoms with van der Waals surface area (Å²) in [5.74, 6) is -1.75. The molecule has 0 spiro atoms. The van der Waals surface area contributed by atoms with Crippen molar-refractivity contribution in [3.63, 3.8) is 0 Å². The van der Waals surface area contributed by atoms with E-state index in [0.717, 1.165) is 12.1 Å². The smallest absolute Gasteiger partial charge is 0.343 e. The molecule has 8 nitrogen and oxygen atoms in total. The van der Waals surface area contributed by atoms with E-state index in [1.165, 1.54) is 42.8 Å². The Morgan fingerprint density at radius 2 is 1.93 bits per heavy atom. The van der Waals surface area contributed by atoms with Crippen molar-refractivity contribution in [2.75, 3.05) is 17.7 Å². The number of ether oxygens (including phenoxy) is 2. The Bertz CT molecular complexity index is 1010. The van der Waals surface area contributed by atoms with Gasteiger partial charge in [-0.2, -0.15) is 0 Å². The van der Waals surface area contributed by atoms with E-state index in [1.54, 1.807) is 11.4 Å². The Hall–Kier alpha value is -3.66. The standard InChI is InChI=1S/C18H14FN3O5S/c1-26-13-3-2-4-14(15(13)16(23)24)27-12-6-5-10(19)9-11(12)21-17(25)22-18-20-7-8-28-18/h2-9H,1H3,(H,23,24)(H2,20,21,22,25). The van der Waals surface area contributed by atoms with Gasteiger partial charge in [-0.25, -0.2) is 19.0 Å². The molecule has 2 amide bonds. The topological polar surface area (TPSA) is 110 Å². The molecule has 2 aromatic carbocycles. The van der Waals surface area contributed by atoms with Crippen LogP contribution < -0.4 is 20.1 Å². The van der Waals surface area contributed by atoms with Crippen molar-refractivity contribution in [3.8, 4) is 17.2 Å². The number of halogens is 1.